The molecule has 1 aliphatic heterocycles. The number of carboxylic acids is 1. The van der Waals surface area contributed by atoms with Gasteiger partial charge >= 0.3 is 5.97 Å². The van der Waals surface area contributed by atoms with Crippen molar-refractivity contribution in [2.75, 3.05) is 11.4 Å². The zero-order chi connectivity index (χ0) is 24.4. The molecule has 1 spiro atoms. The molecule has 0 unspecified atom stereocenters. The molecule has 3 aromatic carbocycles. The first kappa shape index (κ1) is 21.8. The topological polar surface area (TPSA) is 69.6 Å². The number of para-hydroxylation sites is 1. The second-order valence-corrected chi connectivity index (χ2v) is 9.96. The Labute approximate surface area is 201 Å². The van der Waals surface area contributed by atoms with Gasteiger partial charge in [-0.2, -0.15) is 0 Å². The van der Waals surface area contributed by atoms with Crippen molar-refractivity contribution in [2.45, 2.75) is 43.2 Å². The highest BCUT2D eigenvalue weighted by Gasteiger charge is 2.53. The van der Waals surface area contributed by atoms with E-state index in [0.29, 0.717) is 12.1 Å². The van der Waals surface area contributed by atoms with Gasteiger partial charge in [-0.25, -0.2) is 13.6 Å². The van der Waals surface area contributed by atoms with Crippen molar-refractivity contribution in [3.8, 4) is 0 Å². The molecule has 2 fully saturated rings. The molecule has 1 heterocycles. The number of hydrogen-bond acceptors (Lipinski definition) is 3. The monoisotopic (exact) mass is 474 g/mol. The van der Waals surface area contributed by atoms with Crippen LogP contribution in [0, 0.1) is 11.6 Å². The zero-order valence-electron chi connectivity index (χ0n) is 19.0. The second-order valence-electron chi connectivity index (χ2n) is 9.96. The van der Waals surface area contributed by atoms with Crippen molar-refractivity contribution in [1.29, 1.82) is 0 Å². The van der Waals surface area contributed by atoms with Crippen LogP contribution in [0.4, 0.5) is 14.5 Å². The maximum Gasteiger partial charge on any atom is 0.335 e. The fourth-order valence-corrected chi connectivity index (χ4v) is 5.44. The molecule has 2 saturated carbocycles. The quantitative estimate of drug-likeness (QED) is 0.520. The van der Waals surface area contributed by atoms with Gasteiger partial charge in [-0.05, 0) is 67.1 Å². The lowest BCUT2D eigenvalue weighted by Gasteiger charge is -2.24. The molecule has 7 heteroatoms. The van der Waals surface area contributed by atoms with E-state index in [4.69, 9.17) is 5.11 Å². The first-order chi connectivity index (χ1) is 16.8. The summed E-state index contributed by atoms with van der Waals surface area (Å²) < 4.78 is 28.9. The molecule has 5 nitrogen and oxygen atoms in total. The van der Waals surface area contributed by atoms with Crippen LogP contribution in [0.3, 0.4) is 0 Å². The predicted octanol–water partition coefficient (Wildman–Crippen LogP) is 5.13. The number of nitrogens with one attached hydrogen (secondary N) is 1. The minimum absolute atomic E-state index is 0.00328. The SMILES string of the molecule is O=C(O)c1ccc(C2(NC(=O)c3cccc4c3N(Cc3c(F)cccc3F)CC43CC3)CC2)cc1. The van der Waals surface area contributed by atoms with Gasteiger partial charge in [0.1, 0.15) is 11.6 Å². The predicted molar refractivity (Wildman–Crippen MR) is 127 cm³/mol. The maximum absolute atomic E-state index is 14.5. The molecule has 2 aliphatic carbocycles. The molecular formula is C28H24F2N2O3. The zero-order valence-corrected chi connectivity index (χ0v) is 19.0. The minimum atomic E-state index is -0.995. The van der Waals surface area contributed by atoms with E-state index in [1.165, 1.54) is 18.2 Å². The van der Waals surface area contributed by atoms with Gasteiger partial charge in [-0.1, -0.05) is 30.3 Å². The smallest absolute Gasteiger partial charge is 0.335 e. The third-order valence-electron chi connectivity index (χ3n) is 7.71. The van der Waals surface area contributed by atoms with E-state index in [0.717, 1.165) is 42.5 Å². The number of anilines is 1. The van der Waals surface area contributed by atoms with Crippen LogP contribution < -0.4 is 10.2 Å². The largest absolute Gasteiger partial charge is 0.478 e. The van der Waals surface area contributed by atoms with Crippen LogP contribution in [0.15, 0.2) is 60.7 Å². The van der Waals surface area contributed by atoms with Gasteiger partial charge in [0.2, 0.25) is 0 Å². The molecule has 0 radical (unpaired) electrons. The summed E-state index contributed by atoms with van der Waals surface area (Å²) in [4.78, 5) is 26.7. The fourth-order valence-electron chi connectivity index (χ4n) is 5.44. The summed E-state index contributed by atoms with van der Waals surface area (Å²) in [5.74, 6) is -2.41. The molecule has 0 aromatic heterocycles. The van der Waals surface area contributed by atoms with Crippen LogP contribution >= 0.6 is 0 Å². The van der Waals surface area contributed by atoms with Crippen LogP contribution in [-0.2, 0) is 17.5 Å². The van der Waals surface area contributed by atoms with Gasteiger partial charge in [0.15, 0.2) is 0 Å². The normalized spacial score (nSPS) is 18.3. The molecule has 2 N–H and O–H groups in total. The van der Waals surface area contributed by atoms with E-state index in [2.05, 4.69) is 5.32 Å². The van der Waals surface area contributed by atoms with E-state index in [-0.39, 0.29) is 29.0 Å². The molecule has 1 amide bonds. The van der Waals surface area contributed by atoms with Crippen molar-refractivity contribution in [1.82, 2.24) is 5.32 Å². The van der Waals surface area contributed by atoms with E-state index in [9.17, 15) is 18.4 Å². The van der Waals surface area contributed by atoms with Crippen molar-refractivity contribution in [2.24, 2.45) is 0 Å². The number of halogens is 2. The van der Waals surface area contributed by atoms with Gasteiger partial charge in [0.05, 0.1) is 22.4 Å². The van der Waals surface area contributed by atoms with Crippen molar-refractivity contribution >= 4 is 17.6 Å². The lowest BCUT2D eigenvalue weighted by molar-refractivity contribution is 0.0696. The Morgan fingerprint density at radius 3 is 2.17 bits per heavy atom. The average Bonchev–Trinajstić information content (AvgIpc) is 3.76. The maximum atomic E-state index is 14.5. The average molecular weight is 475 g/mol. The number of nitrogens with zero attached hydrogens (tertiary/aromatic N) is 1. The van der Waals surface area contributed by atoms with E-state index in [1.807, 2.05) is 17.0 Å². The number of carbonyl (C=O) groups is 2. The number of carbonyl (C=O) groups excluding carboxylic acids is 1. The Balaban J connectivity index is 1.32. The number of aromatic carboxylic acids is 1. The van der Waals surface area contributed by atoms with Crippen LogP contribution in [0.25, 0.3) is 0 Å². The summed E-state index contributed by atoms with van der Waals surface area (Å²) >= 11 is 0. The van der Waals surface area contributed by atoms with Crippen LogP contribution in [0.2, 0.25) is 0 Å². The third-order valence-corrected chi connectivity index (χ3v) is 7.71. The summed E-state index contributed by atoms with van der Waals surface area (Å²) in [6.07, 6.45) is 3.49. The molecular weight excluding hydrogens is 450 g/mol. The molecule has 0 saturated heterocycles. The molecule has 3 aliphatic rings. The molecule has 0 bridgehead atoms. The highest BCUT2D eigenvalue weighted by molar-refractivity contribution is 6.02. The van der Waals surface area contributed by atoms with Crippen molar-refractivity contribution < 1.29 is 23.5 Å². The lowest BCUT2D eigenvalue weighted by atomic mass is 9.96. The Morgan fingerprint density at radius 2 is 1.57 bits per heavy atom. The van der Waals surface area contributed by atoms with Gasteiger partial charge in [0.25, 0.3) is 5.91 Å². The molecule has 35 heavy (non-hydrogen) atoms. The van der Waals surface area contributed by atoms with E-state index in [1.54, 1.807) is 30.3 Å². The second kappa shape index (κ2) is 7.63. The summed E-state index contributed by atoms with van der Waals surface area (Å²) in [5.41, 5.74) is 2.79. The Morgan fingerprint density at radius 1 is 0.914 bits per heavy atom. The molecule has 6 rings (SSSR count). The van der Waals surface area contributed by atoms with Crippen LogP contribution in [-0.4, -0.2) is 23.5 Å². The summed E-state index contributed by atoms with van der Waals surface area (Å²) in [6.45, 7) is 0.682. The van der Waals surface area contributed by atoms with Gasteiger partial charge < -0.3 is 15.3 Å². The number of fused-ring (bicyclic) bond motifs is 2. The number of amides is 1. The third kappa shape index (κ3) is 3.57. The number of carboxylic acid groups (broad SMARTS) is 1. The highest BCUT2D eigenvalue weighted by atomic mass is 19.1. The molecule has 3 aromatic rings. The summed E-state index contributed by atoms with van der Waals surface area (Å²) in [7, 11) is 0. The number of hydrogen-bond donors (Lipinski definition) is 2. The van der Waals surface area contributed by atoms with E-state index < -0.39 is 23.1 Å². The summed E-state index contributed by atoms with van der Waals surface area (Å²) in [6, 6.07) is 16.1. The molecule has 0 atom stereocenters. The van der Waals surface area contributed by atoms with Gasteiger partial charge in [-0.15, -0.1) is 0 Å². The van der Waals surface area contributed by atoms with Crippen LogP contribution in [0.5, 0.6) is 0 Å². The lowest BCUT2D eigenvalue weighted by Crippen LogP contribution is -2.36. The molecule has 178 valence electrons. The van der Waals surface area contributed by atoms with E-state index >= 15 is 0 Å². The first-order valence-electron chi connectivity index (χ1n) is 11.8. The Bertz CT molecular complexity index is 1340. The minimum Gasteiger partial charge on any atom is -0.478 e. The van der Waals surface area contributed by atoms with Crippen LogP contribution in [0.1, 0.15) is 63.1 Å². The Hall–Kier alpha value is -3.74. The van der Waals surface area contributed by atoms with Crippen molar-refractivity contribution in [3.63, 3.8) is 0 Å². The Kier molecular flexibility index (Phi) is 4.75. The number of rotatable bonds is 6. The highest BCUT2D eigenvalue weighted by Crippen LogP contribution is 2.57. The van der Waals surface area contributed by atoms with Crippen molar-refractivity contribution in [3.05, 3.63) is 100 Å². The standard InChI is InChI=1S/C28H24F2N2O3/c29-22-5-2-6-23(30)20(22)15-32-16-27(11-12-27)21-4-1-3-19(24(21)32)25(33)31-28(13-14-28)18-9-7-17(8-10-18)26(34)35/h1-10H,11-16H2,(H,31,33)(H,34,35). The summed E-state index contributed by atoms with van der Waals surface area (Å²) in [5, 5.41) is 12.3. The van der Waals surface area contributed by atoms with Gasteiger partial charge in [0, 0.05) is 24.1 Å². The van der Waals surface area contributed by atoms with Gasteiger partial charge in [-0.3, -0.25) is 4.79 Å². The first-order valence-corrected chi connectivity index (χ1v) is 11.8. The number of benzene rings is 3. The fraction of sp³-hybridized carbons (Fsp3) is 0.286.